The lowest BCUT2D eigenvalue weighted by Gasteiger charge is -2.29. The molecular formula is C14H24N4O3. The molecule has 21 heavy (non-hydrogen) atoms. The molecule has 0 spiro atoms. The summed E-state index contributed by atoms with van der Waals surface area (Å²) in [4.78, 5) is 29.5. The number of rotatable bonds is 3. The number of amidine groups is 1. The summed E-state index contributed by atoms with van der Waals surface area (Å²) in [7, 11) is 0. The van der Waals surface area contributed by atoms with Gasteiger partial charge in [-0.1, -0.05) is 0 Å². The minimum absolute atomic E-state index is 0.0328. The summed E-state index contributed by atoms with van der Waals surface area (Å²) in [6.07, 6.45) is 1.79. The lowest BCUT2D eigenvalue weighted by molar-refractivity contribution is -0.120. The van der Waals surface area contributed by atoms with Crippen LogP contribution in [0.25, 0.3) is 0 Å². The summed E-state index contributed by atoms with van der Waals surface area (Å²) in [5.74, 6) is 0.618. The van der Waals surface area contributed by atoms with Crippen molar-refractivity contribution in [1.82, 2.24) is 15.5 Å². The van der Waals surface area contributed by atoms with Crippen molar-refractivity contribution in [2.45, 2.75) is 45.3 Å². The van der Waals surface area contributed by atoms with Gasteiger partial charge in [-0.15, -0.1) is 0 Å². The molecule has 2 aliphatic rings. The molecular weight excluding hydrogens is 272 g/mol. The minimum atomic E-state index is -0.511. The molecule has 0 aromatic rings. The second-order valence-corrected chi connectivity index (χ2v) is 6.43. The fourth-order valence-corrected chi connectivity index (χ4v) is 1.90. The maximum Gasteiger partial charge on any atom is 0.410 e. The largest absolute Gasteiger partial charge is 0.444 e. The Labute approximate surface area is 125 Å². The Morgan fingerprint density at radius 2 is 2.10 bits per heavy atom. The van der Waals surface area contributed by atoms with Crippen LogP contribution < -0.4 is 10.6 Å². The number of aliphatic imine (C=N–C) groups is 1. The van der Waals surface area contributed by atoms with Crippen LogP contribution in [0.15, 0.2) is 4.99 Å². The summed E-state index contributed by atoms with van der Waals surface area (Å²) >= 11 is 0. The number of nitrogens with one attached hydrogen (secondary N) is 2. The molecule has 2 rings (SSSR count). The topological polar surface area (TPSA) is 83.0 Å². The fraction of sp³-hybridized carbons (Fsp3) is 0.786. The molecule has 1 aliphatic heterocycles. The third-order valence-corrected chi connectivity index (χ3v) is 3.06. The van der Waals surface area contributed by atoms with E-state index in [-0.39, 0.29) is 18.5 Å². The highest BCUT2D eigenvalue weighted by Gasteiger charge is 2.26. The molecule has 0 unspecified atom stereocenters. The van der Waals surface area contributed by atoms with Gasteiger partial charge in [0.25, 0.3) is 0 Å². The lowest BCUT2D eigenvalue weighted by Crippen LogP contribution is -2.49. The molecule has 0 bridgehead atoms. The minimum Gasteiger partial charge on any atom is -0.444 e. The molecule has 2 amide bonds. The van der Waals surface area contributed by atoms with Crippen molar-refractivity contribution in [3.05, 3.63) is 0 Å². The van der Waals surface area contributed by atoms with Gasteiger partial charge in [-0.25, -0.2) is 4.79 Å². The molecule has 2 N–H and O–H groups in total. The molecule has 1 heterocycles. The molecule has 7 heteroatoms. The molecule has 7 nitrogen and oxygen atoms in total. The molecule has 118 valence electrons. The first kappa shape index (κ1) is 15.6. The summed E-state index contributed by atoms with van der Waals surface area (Å²) in [5.41, 5.74) is -0.511. The normalized spacial score (nSPS) is 18.8. The van der Waals surface area contributed by atoms with Crippen molar-refractivity contribution in [2.24, 2.45) is 4.99 Å². The van der Waals surface area contributed by atoms with Gasteiger partial charge in [0.05, 0.1) is 19.6 Å². The van der Waals surface area contributed by atoms with Crippen molar-refractivity contribution in [2.75, 3.05) is 26.2 Å². The molecule has 1 aliphatic carbocycles. The number of amides is 2. The van der Waals surface area contributed by atoms with Gasteiger partial charge >= 0.3 is 6.09 Å². The SMILES string of the molecule is CC(C)(C)OC(=O)N1CCN=C(NCC(=O)NC2CC2)C1. The van der Waals surface area contributed by atoms with E-state index in [1.165, 1.54) is 0 Å². The molecule has 0 radical (unpaired) electrons. The van der Waals surface area contributed by atoms with Gasteiger partial charge in [-0.3, -0.25) is 14.7 Å². The Balaban J connectivity index is 1.75. The molecule has 0 aromatic heterocycles. The van der Waals surface area contributed by atoms with Gasteiger partial charge in [0.2, 0.25) is 5.91 Å². The molecule has 1 saturated carbocycles. The average Bonchev–Trinajstić information content (AvgIpc) is 3.19. The van der Waals surface area contributed by atoms with Crippen LogP contribution >= 0.6 is 0 Å². The number of carbonyl (C=O) groups is 2. The van der Waals surface area contributed by atoms with Gasteiger partial charge in [-0.05, 0) is 33.6 Å². The van der Waals surface area contributed by atoms with E-state index in [9.17, 15) is 9.59 Å². The zero-order valence-corrected chi connectivity index (χ0v) is 12.9. The highest BCUT2D eigenvalue weighted by molar-refractivity contribution is 5.91. The van der Waals surface area contributed by atoms with E-state index in [1.54, 1.807) is 4.90 Å². The number of hydrogen-bond donors (Lipinski definition) is 2. The maximum atomic E-state index is 12.0. The third-order valence-electron chi connectivity index (χ3n) is 3.06. The van der Waals surface area contributed by atoms with Crippen LogP contribution in [0.4, 0.5) is 4.79 Å². The van der Waals surface area contributed by atoms with Gasteiger partial charge < -0.3 is 15.4 Å². The Morgan fingerprint density at radius 3 is 2.71 bits per heavy atom. The van der Waals surface area contributed by atoms with Crippen molar-refractivity contribution >= 4 is 17.8 Å². The smallest absolute Gasteiger partial charge is 0.410 e. The fourth-order valence-electron chi connectivity index (χ4n) is 1.90. The van der Waals surface area contributed by atoms with E-state index in [4.69, 9.17) is 4.74 Å². The van der Waals surface area contributed by atoms with Crippen LogP contribution in [0.3, 0.4) is 0 Å². The molecule has 0 aromatic carbocycles. The number of ether oxygens (including phenoxy) is 1. The van der Waals surface area contributed by atoms with E-state index >= 15 is 0 Å². The molecule has 1 fully saturated rings. The van der Waals surface area contributed by atoms with Crippen LogP contribution in [0.2, 0.25) is 0 Å². The summed E-state index contributed by atoms with van der Waals surface area (Å²) in [6, 6.07) is 0.353. The van der Waals surface area contributed by atoms with Gasteiger partial charge in [0.15, 0.2) is 0 Å². The van der Waals surface area contributed by atoms with Crippen molar-refractivity contribution in [3.63, 3.8) is 0 Å². The van der Waals surface area contributed by atoms with Crippen molar-refractivity contribution in [1.29, 1.82) is 0 Å². The van der Waals surface area contributed by atoms with E-state index < -0.39 is 5.60 Å². The Morgan fingerprint density at radius 1 is 1.38 bits per heavy atom. The zero-order chi connectivity index (χ0) is 15.5. The Kier molecular flexibility index (Phi) is 4.69. The Bertz CT molecular complexity index is 438. The predicted octanol–water partition coefficient (Wildman–Crippen LogP) is 0.504. The number of hydrogen-bond acceptors (Lipinski definition) is 5. The van der Waals surface area contributed by atoms with Crippen LogP contribution in [0.1, 0.15) is 33.6 Å². The summed E-state index contributed by atoms with van der Waals surface area (Å²) in [6.45, 7) is 7.11. The van der Waals surface area contributed by atoms with Gasteiger partial charge in [0.1, 0.15) is 11.4 Å². The van der Waals surface area contributed by atoms with E-state index in [0.29, 0.717) is 31.5 Å². The number of nitrogens with zero attached hydrogens (tertiary/aromatic N) is 2. The third kappa shape index (κ3) is 5.61. The quantitative estimate of drug-likeness (QED) is 0.794. The summed E-state index contributed by atoms with van der Waals surface area (Å²) < 4.78 is 5.34. The van der Waals surface area contributed by atoms with Crippen LogP contribution in [0.5, 0.6) is 0 Å². The van der Waals surface area contributed by atoms with Gasteiger partial charge in [0, 0.05) is 12.6 Å². The number of carbonyl (C=O) groups excluding carboxylic acids is 2. The van der Waals surface area contributed by atoms with Gasteiger partial charge in [-0.2, -0.15) is 0 Å². The predicted molar refractivity (Wildman–Crippen MR) is 79.3 cm³/mol. The highest BCUT2D eigenvalue weighted by atomic mass is 16.6. The monoisotopic (exact) mass is 296 g/mol. The van der Waals surface area contributed by atoms with E-state index in [1.807, 2.05) is 20.8 Å². The molecule has 0 atom stereocenters. The first-order valence-corrected chi connectivity index (χ1v) is 7.38. The standard InChI is InChI=1S/C14H24N4O3/c1-14(2,3)21-13(20)18-7-6-15-11(9-18)16-8-12(19)17-10-4-5-10/h10H,4-9H2,1-3H3,(H,15,16)(H,17,19). The first-order valence-electron chi connectivity index (χ1n) is 7.38. The Hall–Kier alpha value is -1.79. The van der Waals surface area contributed by atoms with Crippen LogP contribution in [0, 0.1) is 0 Å². The second-order valence-electron chi connectivity index (χ2n) is 6.43. The summed E-state index contributed by atoms with van der Waals surface area (Å²) in [5, 5.41) is 5.89. The van der Waals surface area contributed by atoms with E-state index in [0.717, 1.165) is 12.8 Å². The lowest BCUT2D eigenvalue weighted by atomic mass is 10.2. The molecule has 0 saturated heterocycles. The zero-order valence-electron chi connectivity index (χ0n) is 12.9. The maximum absolute atomic E-state index is 12.0. The van der Waals surface area contributed by atoms with Crippen molar-refractivity contribution in [3.8, 4) is 0 Å². The first-order chi connectivity index (χ1) is 9.83. The average molecular weight is 296 g/mol. The van der Waals surface area contributed by atoms with Crippen molar-refractivity contribution < 1.29 is 14.3 Å². The second kappa shape index (κ2) is 6.32. The van der Waals surface area contributed by atoms with Crippen LogP contribution in [-0.4, -0.2) is 60.6 Å². The van der Waals surface area contributed by atoms with Crippen LogP contribution in [-0.2, 0) is 9.53 Å². The van der Waals surface area contributed by atoms with E-state index in [2.05, 4.69) is 15.6 Å². The highest BCUT2D eigenvalue weighted by Crippen LogP contribution is 2.18.